The van der Waals surface area contributed by atoms with Crippen LogP contribution in [0.4, 0.5) is 0 Å². The van der Waals surface area contributed by atoms with Gasteiger partial charge in [-0.1, -0.05) is 0 Å². The summed E-state index contributed by atoms with van der Waals surface area (Å²) in [7, 11) is 0. The Labute approximate surface area is 73.7 Å². The fourth-order valence-electron chi connectivity index (χ4n) is 4.72. The highest BCUT2D eigenvalue weighted by atomic mass is 14.8. The molecule has 7 unspecified atom stereocenters. The molecule has 0 heteroatoms. The summed E-state index contributed by atoms with van der Waals surface area (Å²) in [5.41, 5.74) is 0. The molecule has 0 amide bonds. The van der Waals surface area contributed by atoms with E-state index in [2.05, 4.69) is 0 Å². The van der Waals surface area contributed by atoms with E-state index in [0.717, 1.165) is 0 Å². The van der Waals surface area contributed by atoms with Gasteiger partial charge in [-0.2, -0.15) is 0 Å². The number of fused-ring (bicyclic) bond motifs is 4. The minimum absolute atomic E-state index is 1.23. The molecule has 5 aliphatic rings. The molecule has 5 aliphatic carbocycles. The predicted octanol–water partition coefficient (Wildman–Crippen LogP) is 2.54. The Bertz CT molecular complexity index is 261. The molecule has 0 aromatic rings. The summed E-state index contributed by atoms with van der Waals surface area (Å²) in [5.74, 6) is 10.1. The Balaban J connectivity index is 1.47. The first kappa shape index (κ1) is 5.67. The molecule has 5 fully saturated rings. The van der Waals surface area contributed by atoms with Gasteiger partial charge in [0.15, 0.2) is 0 Å². The smallest absolute Gasteiger partial charge is 0.0320 e. The topological polar surface area (TPSA) is 0 Å². The maximum atomic E-state index is 1.67. The zero-order valence-electron chi connectivity index (χ0n) is 7.45. The second-order valence-electron chi connectivity index (χ2n) is 6.26. The minimum Gasteiger partial charge on any atom is -0.0468 e. The third-order valence-corrected chi connectivity index (χ3v) is 5.78. The van der Waals surface area contributed by atoms with E-state index in [4.69, 9.17) is 0 Å². The van der Waals surface area contributed by atoms with Crippen LogP contribution in [0.15, 0.2) is 0 Å². The highest BCUT2D eigenvalue weighted by Gasteiger charge is 2.72. The van der Waals surface area contributed by atoms with Crippen LogP contribution in [-0.2, 0) is 0 Å². The van der Waals surface area contributed by atoms with Crippen molar-refractivity contribution in [1.82, 2.24) is 0 Å². The zero-order chi connectivity index (χ0) is 7.45. The van der Waals surface area contributed by atoms with E-state index in [-0.39, 0.29) is 0 Å². The van der Waals surface area contributed by atoms with E-state index < -0.39 is 0 Å². The standard InChI is InChI=1S/C12H16/c1-5-2-9(12-10-4-11(10)12)8-3-7(8)6(1)5/h5-12H,1-4H2. The first-order valence-electron chi connectivity index (χ1n) is 5.93. The molecule has 5 rings (SSSR count). The first-order chi connectivity index (χ1) is 5.93. The molecular formula is C12H16. The van der Waals surface area contributed by atoms with Gasteiger partial charge in [-0.05, 0) is 73.0 Å². The second-order valence-corrected chi connectivity index (χ2v) is 6.26. The molecule has 0 spiro atoms. The van der Waals surface area contributed by atoms with Gasteiger partial charge in [0.1, 0.15) is 0 Å². The van der Waals surface area contributed by atoms with E-state index >= 15 is 0 Å². The highest BCUT2D eigenvalue weighted by Crippen LogP contribution is 2.78. The Morgan fingerprint density at radius 3 is 1.83 bits per heavy atom. The van der Waals surface area contributed by atoms with Crippen molar-refractivity contribution >= 4 is 0 Å². The number of hydrogen-bond donors (Lipinski definition) is 0. The van der Waals surface area contributed by atoms with Crippen LogP contribution in [0.2, 0.25) is 0 Å². The fourth-order valence-corrected chi connectivity index (χ4v) is 4.72. The first-order valence-corrected chi connectivity index (χ1v) is 5.93. The van der Waals surface area contributed by atoms with Crippen LogP contribution < -0.4 is 0 Å². The molecule has 7 atom stereocenters. The monoisotopic (exact) mass is 160 g/mol. The van der Waals surface area contributed by atoms with Crippen LogP contribution in [0.25, 0.3) is 0 Å². The molecule has 0 nitrogen and oxygen atoms in total. The van der Waals surface area contributed by atoms with E-state index in [1.807, 2.05) is 0 Å². The van der Waals surface area contributed by atoms with Crippen LogP contribution in [0.3, 0.4) is 0 Å². The van der Waals surface area contributed by atoms with Crippen molar-refractivity contribution in [3.05, 3.63) is 0 Å². The van der Waals surface area contributed by atoms with Gasteiger partial charge in [-0.15, -0.1) is 0 Å². The summed E-state index contributed by atoms with van der Waals surface area (Å²) in [6.45, 7) is 0. The molecule has 0 bridgehead atoms. The maximum Gasteiger partial charge on any atom is -0.0320 e. The molecule has 0 heterocycles. The quantitative estimate of drug-likeness (QED) is 0.553. The Kier molecular flexibility index (Phi) is 0.663. The van der Waals surface area contributed by atoms with Crippen molar-refractivity contribution in [2.75, 3.05) is 0 Å². The molecular weight excluding hydrogens is 144 g/mol. The molecule has 64 valence electrons. The Morgan fingerprint density at radius 1 is 0.500 bits per heavy atom. The van der Waals surface area contributed by atoms with Crippen LogP contribution in [0, 0.1) is 47.3 Å². The normalized spacial score (nSPS) is 80.0. The summed E-state index contributed by atoms with van der Waals surface area (Å²) in [6.07, 6.45) is 6.59. The van der Waals surface area contributed by atoms with Crippen molar-refractivity contribution in [3.8, 4) is 0 Å². The summed E-state index contributed by atoms with van der Waals surface area (Å²) in [5, 5.41) is 0. The summed E-state index contributed by atoms with van der Waals surface area (Å²) in [6, 6.07) is 0. The molecule has 12 heavy (non-hydrogen) atoms. The van der Waals surface area contributed by atoms with Gasteiger partial charge in [-0.3, -0.25) is 0 Å². The lowest BCUT2D eigenvalue weighted by molar-refractivity contribution is 0.252. The summed E-state index contributed by atoms with van der Waals surface area (Å²) < 4.78 is 0. The SMILES string of the molecule is C1C2CC(C3C4CC43)C3CC3C12. The van der Waals surface area contributed by atoms with Crippen LogP contribution in [0.1, 0.15) is 25.7 Å². The Hall–Kier alpha value is 0. The third kappa shape index (κ3) is 0.506. The van der Waals surface area contributed by atoms with Gasteiger partial charge in [-0.25, -0.2) is 0 Å². The van der Waals surface area contributed by atoms with Crippen molar-refractivity contribution < 1.29 is 0 Å². The van der Waals surface area contributed by atoms with Gasteiger partial charge in [0, 0.05) is 0 Å². The maximum absolute atomic E-state index is 1.67. The highest BCUT2D eigenvalue weighted by molar-refractivity contribution is 5.20. The van der Waals surface area contributed by atoms with Gasteiger partial charge >= 0.3 is 0 Å². The number of hydrogen-bond acceptors (Lipinski definition) is 0. The van der Waals surface area contributed by atoms with Gasteiger partial charge < -0.3 is 0 Å². The molecule has 0 N–H and O–H groups in total. The average molecular weight is 160 g/mol. The van der Waals surface area contributed by atoms with Gasteiger partial charge in [0.2, 0.25) is 0 Å². The Morgan fingerprint density at radius 2 is 1.08 bits per heavy atom. The molecule has 5 saturated carbocycles. The lowest BCUT2D eigenvalue weighted by Crippen LogP contribution is -2.17. The summed E-state index contributed by atoms with van der Waals surface area (Å²) in [4.78, 5) is 0. The van der Waals surface area contributed by atoms with Gasteiger partial charge in [0.25, 0.3) is 0 Å². The largest absolute Gasteiger partial charge is 0.0468 e. The third-order valence-electron chi connectivity index (χ3n) is 5.78. The lowest BCUT2D eigenvalue weighted by Gasteiger charge is -2.23. The van der Waals surface area contributed by atoms with Crippen molar-refractivity contribution in [2.45, 2.75) is 25.7 Å². The molecule has 0 aromatic carbocycles. The van der Waals surface area contributed by atoms with Crippen LogP contribution in [0.5, 0.6) is 0 Å². The van der Waals surface area contributed by atoms with E-state index in [1.165, 1.54) is 47.3 Å². The fraction of sp³-hybridized carbons (Fsp3) is 1.00. The van der Waals surface area contributed by atoms with Crippen LogP contribution in [-0.4, -0.2) is 0 Å². The van der Waals surface area contributed by atoms with E-state index in [9.17, 15) is 0 Å². The van der Waals surface area contributed by atoms with Crippen molar-refractivity contribution in [2.24, 2.45) is 47.3 Å². The molecule has 0 radical (unpaired) electrons. The number of rotatable bonds is 1. The lowest BCUT2D eigenvalue weighted by atomic mass is 9.82. The van der Waals surface area contributed by atoms with Crippen LogP contribution >= 0.6 is 0 Å². The molecule has 0 aliphatic heterocycles. The zero-order valence-corrected chi connectivity index (χ0v) is 7.45. The molecule has 0 saturated heterocycles. The van der Waals surface area contributed by atoms with Crippen molar-refractivity contribution in [1.29, 1.82) is 0 Å². The van der Waals surface area contributed by atoms with E-state index in [0.29, 0.717) is 0 Å². The predicted molar refractivity (Wildman–Crippen MR) is 46.4 cm³/mol. The van der Waals surface area contributed by atoms with E-state index in [1.54, 1.807) is 25.7 Å². The van der Waals surface area contributed by atoms with Crippen molar-refractivity contribution in [3.63, 3.8) is 0 Å². The average Bonchev–Trinajstić information content (AvgIpc) is 2.80. The summed E-state index contributed by atoms with van der Waals surface area (Å²) >= 11 is 0. The second kappa shape index (κ2) is 1.40. The molecule has 0 aromatic heterocycles. The van der Waals surface area contributed by atoms with Gasteiger partial charge in [0.05, 0.1) is 0 Å². The minimum atomic E-state index is 1.23.